The molecule has 0 fully saturated rings. The molecule has 1 atom stereocenters. The largest absolute Gasteiger partial charge is 0.497 e. The summed E-state index contributed by atoms with van der Waals surface area (Å²) < 4.78 is 12.0. The molecule has 0 aliphatic rings. The van der Waals surface area contributed by atoms with Crippen molar-refractivity contribution in [3.63, 3.8) is 0 Å². The molecule has 2 aromatic carbocycles. The lowest BCUT2D eigenvalue weighted by atomic mass is 9.87. The summed E-state index contributed by atoms with van der Waals surface area (Å²) in [5.74, 6) is 0.823. The average Bonchev–Trinajstić information content (AvgIpc) is 2.76. The Bertz CT molecular complexity index is 1020. The monoisotopic (exact) mass is 546 g/mol. The van der Waals surface area contributed by atoms with E-state index < -0.39 is 11.6 Å². The minimum Gasteiger partial charge on any atom is -0.497 e. The summed E-state index contributed by atoms with van der Waals surface area (Å²) in [6, 6.07) is 12.8. The fourth-order valence-electron chi connectivity index (χ4n) is 3.65. The number of hydrogen-bond acceptors (Lipinski definition) is 4. The molecule has 2 aromatic rings. The molecule has 2 amide bonds. The topological polar surface area (TPSA) is 67.9 Å². The molecule has 0 radical (unpaired) electrons. The second kappa shape index (κ2) is 11.9. The standard InChI is InChI=1S/C28H39BrN2O4/c1-9-23(26(33)30-28(5,6)7)31(17-19-11-10-12-21(15-19)34-8)25(32)18-35-24-14-13-20(16-22(24)29)27(2,3)4/h10-16,23H,9,17-18H2,1-8H3,(H,30,33)/t23-/m1/s1. The molecule has 0 spiro atoms. The quantitative estimate of drug-likeness (QED) is 0.428. The van der Waals surface area contributed by atoms with Crippen LogP contribution in [0.25, 0.3) is 0 Å². The van der Waals surface area contributed by atoms with Gasteiger partial charge in [0.1, 0.15) is 17.5 Å². The Morgan fingerprint density at radius 3 is 2.29 bits per heavy atom. The van der Waals surface area contributed by atoms with E-state index in [1.54, 1.807) is 12.0 Å². The van der Waals surface area contributed by atoms with Gasteiger partial charge in [0, 0.05) is 12.1 Å². The van der Waals surface area contributed by atoms with Crippen LogP contribution in [0.15, 0.2) is 46.9 Å². The summed E-state index contributed by atoms with van der Waals surface area (Å²) in [6.07, 6.45) is 0.474. The number of benzene rings is 2. The van der Waals surface area contributed by atoms with Crippen molar-refractivity contribution in [3.05, 3.63) is 58.1 Å². The normalized spacial score (nSPS) is 12.6. The third-order valence-corrected chi connectivity index (χ3v) is 6.14. The van der Waals surface area contributed by atoms with Crippen molar-refractivity contribution in [2.75, 3.05) is 13.7 Å². The molecule has 0 aromatic heterocycles. The number of nitrogens with one attached hydrogen (secondary N) is 1. The minimum absolute atomic E-state index is 0.000821. The van der Waals surface area contributed by atoms with Crippen LogP contribution >= 0.6 is 15.9 Å². The summed E-state index contributed by atoms with van der Waals surface area (Å²) in [5.41, 5.74) is 1.62. The van der Waals surface area contributed by atoms with Crippen molar-refractivity contribution >= 4 is 27.7 Å². The highest BCUT2D eigenvalue weighted by Crippen LogP contribution is 2.31. The van der Waals surface area contributed by atoms with Gasteiger partial charge in [-0.15, -0.1) is 0 Å². The maximum absolute atomic E-state index is 13.5. The van der Waals surface area contributed by atoms with Crippen LogP contribution in [0.4, 0.5) is 0 Å². The lowest BCUT2D eigenvalue weighted by Gasteiger charge is -2.33. The van der Waals surface area contributed by atoms with E-state index >= 15 is 0 Å². The maximum Gasteiger partial charge on any atom is 0.261 e. The van der Waals surface area contributed by atoms with Crippen molar-refractivity contribution in [2.45, 2.75) is 78.4 Å². The first kappa shape index (κ1) is 28.7. The molecule has 0 bridgehead atoms. The van der Waals surface area contributed by atoms with Crippen molar-refractivity contribution in [1.29, 1.82) is 0 Å². The molecule has 7 heteroatoms. The molecule has 0 aliphatic heterocycles. The van der Waals surface area contributed by atoms with Crippen molar-refractivity contribution in [3.8, 4) is 11.5 Å². The van der Waals surface area contributed by atoms with Gasteiger partial charge in [0.2, 0.25) is 5.91 Å². The smallest absolute Gasteiger partial charge is 0.261 e. The molecule has 0 heterocycles. The number of rotatable bonds is 9. The van der Waals surface area contributed by atoms with Gasteiger partial charge in [-0.2, -0.15) is 0 Å². The van der Waals surface area contributed by atoms with Crippen LogP contribution < -0.4 is 14.8 Å². The number of halogens is 1. The second-order valence-electron chi connectivity index (χ2n) is 10.7. The summed E-state index contributed by atoms with van der Waals surface area (Å²) in [7, 11) is 1.60. The van der Waals surface area contributed by atoms with Crippen LogP contribution in [0.3, 0.4) is 0 Å². The van der Waals surface area contributed by atoms with Crippen LogP contribution in [0.1, 0.15) is 66.0 Å². The summed E-state index contributed by atoms with van der Waals surface area (Å²) in [6.45, 7) is 14.2. The van der Waals surface area contributed by atoms with Gasteiger partial charge < -0.3 is 19.7 Å². The zero-order chi connectivity index (χ0) is 26.4. The van der Waals surface area contributed by atoms with Gasteiger partial charge in [-0.1, -0.05) is 45.9 Å². The Labute approximate surface area is 218 Å². The van der Waals surface area contributed by atoms with E-state index in [1.165, 1.54) is 0 Å². The molecule has 0 saturated carbocycles. The lowest BCUT2D eigenvalue weighted by molar-refractivity contribution is -0.143. The Balaban J connectivity index is 2.29. The predicted molar refractivity (Wildman–Crippen MR) is 144 cm³/mol. The molecule has 192 valence electrons. The first-order valence-electron chi connectivity index (χ1n) is 11.9. The third kappa shape index (κ3) is 8.57. The van der Waals surface area contributed by atoms with Gasteiger partial charge >= 0.3 is 0 Å². The predicted octanol–water partition coefficient (Wildman–Crippen LogP) is 5.86. The zero-order valence-corrected chi connectivity index (χ0v) is 23.8. The highest BCUT2D eigenvalue weighted by atomic mass is 79.9. The molecule has 2 rings (SSSR count). The maximum atomic E-state index is 13.5. The van der Waals surface area contributed by atoms with Gasteiger partial charge in [0.05, 0.1) is 11.6 Å². The molecule has 0 unspecified atom stereocenters. The fourth-order valence-corrected chi connectivity index (χ4v) is 4.14. The Hall–Kier alpha value is -2.54. The fraction of sp³-hybridized carbons (Fsp3) is 0.500. The van der Waals surface area contributed by atoms with E-state index in [4.69, 9.17) is 9.47 Å². The highest BCUT2D eigenvalue weighted by Gasteiger charge is 2.31. The minimum atomic E-state index is -0.636. The number of methoxy groups -OCH3 is 1. The molecule has 6 nitrogen and oxygen atoms in total. The van der Waals surface area contributed by atoms with E-state index in [0.717, 1.165) is 15.6 Å². The van der Waals surface area contributed by atoms with E-state index in [9.17, 15) is 9.59 Å². The third-order valence-electron chi connectivity index (χ3n) is 5.52. The Kier molecular flexibility index (Phi) is 9.78. The number of hydrogen-bond donors (Lipinski definition) is 1. The number of amides is 2. The Morgan fingerprint density at radius 2 is 1.74 bits per heavy atom. The van der Waals surface area contributed by atoms with Crippen LogP contribution in [-0.2, 0) is 21.5 Å². The van der Waals surface area contributed by atoms with Gasteiger partial charge in [-0.25, -0.2) is 0 Å². The molecule has 0 aliphatic carbocycles. The number of ether oxygens (including phenoxy) is 2. The summed E-state index contributed by atoms with van der Waals surface area (Å²) >= 11 is 3.57. The van der Waals surface area contributed by atoms with Gasteiger partial charge in [0.15, 0.2) is 6.61 Å². The molecular formula is C28H39BrN2O4. The summed E-state index contributed by atoms with van der Waals surface area (Å²) in [5, 5.41) is 3.01. The number of carbonyl (C=O) groups excluding carboxylic acids is 2. The highest BCUT2D eigenvalue weighted by molar-refractivity contribution is 9.10. The van der Waals surface area contributed by atoms with E-state index in [1.807, 2.05) is 70.2 Å². The zero-order valence-electron chi connectivity index (χ0n) is 22.2. The molecule has 1 N–H and O–H groups in total. The van der Waals surface area contributed by atoms with Crippen molar-refractivity contribution < 1.29 is 19.1 Å². The van der Waals surface area contributed by atoms with E-state index in [0.29, 0.717) is 17.9 Å². The van der Waals surface area contributed by atoms with Crippen molar-refractivity contribution in [2.24, 2.45) is 0 Å². The van der Waals surface area contributed by atoms with Gasteiger partial charge in [0.25, 0.3) is 5.91 Å². The van der Waals surface area contributed by atoms with Gasteiger partial charge in [-0.05, 0) is 83.9 Å². The van der Waals surface area contributed by atoms with E-state index in [-0.39, 0.29) is 30.4 Å². The number of nitrogens with zero attached hydrogens (tertiary/aromatic N) is 1. The average molecular weight is 548 g/mol. The SMILES string of the molecule is CC[C@H](C(=O)NC(C)(C)C)N(Cc1cccc(OC)c1)C(=O)COc1ccc(C(C)(C)C)cc1Br. The first-order valence-corrected chi connectivity index (χ1v) is 12.7. The van der Waals surface area contributed by atoms with Crippen LogP contribution in [0.5, 0.6) is 11.5 Å². The Morgan fingerprint density at radius 1 is 1.06 bits per heavy atom. The molecule has 0 saturated heterocycles. The molecular weight excluding hydrogens is 508 g/mol. The van der Waals surface area contributed by atoms with Crippen LogP contribution in [0.2, 0.25) is 0 Å². The lowest BCUT2D eigenvalue weighted by Crippen LogP contribution is -2.54. The number of carbonyl (C=O) groups is 2. The first-order chi connectivity index (χ1) is 16.2. The molecule has 35 heavy (non-hydrogen) atoms. The van der Waals surface area contributed by atoms with Crippen LogP contribution in [-0.4, -0.2) is 42.0 Å². The van der Waals surface area contributed by atoms with E-state index in [2.05, 4.69) is 42.0 Å². The van der Waals surface area contributed by atoms with Crippen molar-refractivity contribution in [1.82, 2.24) is 10.2 Å². The summed E-state index contributed by atoms with van der Waals surface area (Å²) in [4.78, 5) is 28.2. The second-order valence-corrected chi connectivity index (χ2v) is 11.6. The van der Waals surface area contributed by atoms with Crippen LogP contribution in [0, 0.1) is 0 Å². The van der Waals surface area contributed by atoms with Gasteiger partial charge in [-0.3, -0.25) is 9.59 Å².